The highest BCUT2D eigenvalue weighted by atomic mass is 127. The van der Waals surface area contributed by atoms with Crippen LogP contribution in [0.15, 0.2) is 4.99 Å². The average Bonchev–Trinajstić information content (AvgIpc) is 3.25. The highest BCUT2D eigenvalue weighted by Crippen LogP contribution is 2.36. The van der Waals surface area contributed by atoms with Crippen LogP contribution in [-0.2, 0) is 14.3 Å². The molecule has 2 atom stereocenters. The molecule has 0 bridgehead atoms. The van der Waals surface area contributed by atoms with E-state index in [1.807, 2.05) is 0 Å². The van der Waals surface area contributed by atoms with E-state index in [9.17, 15) is 9.59 Å². The van der Waals surface area contributed by atoms with Gasteiger partial charge in [-0.3, -0.25) is 9.59 Å². The second-order valence-electron chi connectivity index (χ2n) is 7.92. The number of rotatable bonds is 4. The zero-order valence-electron chi connectivity index (χ0n) is 16.3. The SMILES string of the molecule is CN(C)C(=O)CN=C(NCC1CCCO1)N1CCCC2(CNC(=O)C2)C1.I. The second kappa shape index (κ2) is 9.90. The van der Waals surface area contributed by atoms with Crippen LogP contribution in [0.3, 0.4) is 0 Å². The molecular formula is C18H32IN5O3. The molecule has 9 heteroatoms. The third-order valence-electron chi connectivity index (χ3n) is 5.53. The lowest BCUT2D eigenvalue weighted by molar-refractivity contribution is -0.127. The second-order valence-corrected chi connectivity index (χ2v) is 7.92. The van der Waals surface area contributed by atoms with Gasteiger partial charge in [-0.15, -0.1) is 24.0 Å². The number of hydrogen-bond acceptors (Lipinski definition) is 4. The summed E-state index contributed by atoms with van der Waals surface area (Å²) in [6, 6.07) is 0. The normalized spacial score (nSPS) is 28.1. The maximum Gasteiger partial charge on any atom is 0.243 e. The highest BCUT2D eigenvalue weighted by molar-refractivity contribution is 14.0. The number of likely N-dealkylation sites (N-methyl/N-ethyl adjacent to an activating group) is 1. The lowest BCUT2D eigenvalue weighted by Gasteiger charge is -2.41. The van der Waals surface area contributed by atoms with Crippen LogP contribution >= 0.6 is 24.0 Å². The van der Waals surface area contributed by atoms with Gasteiger partial charge < -0.3 is 25.2 Å². The van der Waals surface area contributed by atoms with Crippen LogP contribution in [0.2, 0.25) is 0 Å². The topological polar surface area (TPSA) is 86.3 Å². The van der Waals surface area contributed by atoms with Crippen LogP contribution in [0, 0.1) is 5.41 Å². The monoisotopic (exact) mass is 493 g/mol. The minimum absolute atomic E-state index is 0. The van der Waals surface area contributed by atoms with Crippen molar-refractivity contribution < 1.29 is 14.3 Å². The minimum Gasteiger partial charge on any atom is -0.376 e. The zero-order chi connectivity index (χ0) is 18.6. The molecule has 27 heavy (non-hydrogen) atoms. The molecule has 3 fully saturated rings. The Kier molecular flexibility index (Phi) is 8.14. The first-order chi connectivity index (χ1) is 12.5. The Labute approximate surface area is 178 Å². The molecular weight excluding hydrogens is 461 g/mol. The van der Waals surface area contributed by atoms with Crippen molar-refractivity contribution in [1.29, 1.82) is 0 Å². The fraction of sp³-hybridized carbons (Fsp3) is 0.833. The number of aliphatic imine (C=N–C) groups is 1. The predicted molar refractivity (Wildman–Crippen MR) is 114 cm³/mol. The van der Waals surface area contributed by atoms with Crippen molar-refractivity contribution in [2.75, 3.05) is 53.4 Å². The average molecular weight is 493 g/mol. The summed E-state index contributed by atoms with van der Waals surface area (Å²) >= 11 is 0. The first-order valence-electron chi connectivity index (χ1n) is 9.59. The van der Waals surface area contributed by atoms with Gasteiger partial charge in [0.15, 0.2) is 5.96 Å². The Morgan fingerprint density at radius 1 is 1.44 bits per heavy atom. The third kappa shape index (κ3) is 5.94. The van der Waals surface area contributed by atoms with Crippen LogP contribution in [-0.4, -0.2) is 87.1 Å². The predicted octanol–water partition coefficient (Wildman–Crippen LogP) is 0.419. The van der Waals surface area contributed by atoms with E-state index in [-0.39, 0.29) is 53.9 Å². The Morgan fingerprint density at radius 3 is 2.89 bits per heavy atom. The molecule has 0 saturated carbocycles. The molecule has 3 heterocycles. The standard InChI is InChI=1S/C18H31N5O3.HI/c1-22(2)16(25)11-20-17(19-10-14-5-3-8-26-14)23-7-4-6-18(13-23)9-15(24)21-12-18;/h14H,3-13H2,1-2H3,(H,19,20)(H,21,24);1H. The van der Waals surface area contributed by atoms with E-state index < -0.39 is 0 Å². The van der Waals surface area contributed by atoms with Gasteiger partial charge >= 0.3 is 0 Å². The first-order valence-corrected chi connectivity index (χ1v) is 9.59. The molecule has 3 rings (SSSR count). The van der Waals surface area contributed by atoms with Crippen molar-refractivity contribution in [1.82, 2.24) is 20.4 Å². The summed E-state index contributed by atoms with van der Waals surface area (Å²) in [7, 11) is 3.48. The number of likely N-dealkylation sites (tertiary alicyclic amines) is 1. The Morgan fingerprint density at radius 2 is 2.26 bits per heavy atom. The minimum atomic E-state index is -0.0224. The van der Waals surface area contributed by atoms with Crippen molar-refractivity contribution in [2.24, 2.45) is 10.4 Å². The number of piperidine rings is 1. The molecule has 3 aliphatic rings. The van der Waals surface area contributed by atoms with Gasteiger partial charge in [0, 0.05) is 58.7 Å². The number of carbonyl (C=O) groups is 2. The lowest BCUT2D eigenvalue weighted by atomic mass is 9.79. The fourth-order valence-electron chi connectivity index (χ4n) is 3.99. The summed E-state index contributed by atoms with van der Waals surface area (Å²) in [6.07, 6.45) is 5.02. The summed E-state index contributed by atoms with van der Waals surface area (Å²) in [5.41, 5.74) is -0.00675. The summed E-state index contributed by atoms with van der Waals surface area (Å²) in [5.74, 6) is 0.875. The Bertz CT molecular complexity index is 565. The molecule has 3 saturated heterocycles. The van der Waals surface area contributed by atoms with E-state index in [1.165, 1.54) is 0 Å². The van der Waals surface area contributed by atoms with Crippen molar-refractivity contribution in [3.63, 3.8) is 0 Å². The maximum absolute atomic E-state index is 12.0. The molecule has 0 aromatic carbocycles. The molecule has 0 radical (unpaired) electrons. The van der Waals surface area contributed by atoms with Gasteiger partial charge in [0.25, 0.3) is 0 Å². The Hall–Kier alpha value is -1.10. The summed E-state index contributed by atoms with van der Waals surface area (Å²) in [6.45, 7) is 4.07. The third-order valence-corrected chi connectivity index (χ3v) is 5.53. The molecule has 0 aromatic heterocycles. The van der Waals surface area contributed by atoms with Crippen molar-refractivity contribution >= 4 is 41.8 Å². The van der Waals surface area contributed by atoms with Gasteiger partial charge in [-0.25, -0.2) is 4.99 Å². The van der Waals surface area contributed by atoms with Crippen molar-refractivity contribution in [3.05, 3.63) is 0 Å². The number of hydrogen-bond donors (Lipinski definition) is 2. The number of amides is 2. The molecule has 3 aliphatic heterocycles. The molecule has 8 nitrogen and oxygen atoms in total. The molecule has 2 unspecified atom stereocenters. The highest BCUT2D eigenvalue weighted by Gasteiger charge is 2.42. The molecule has 2 amide bonds. The van der Waals surface area contributed by atoms with Crippen LogP contribution in [0.1, 0.15) is 32.1 Å². The van der Waals surface area contributed by atoms with Crippen LogP contribution in [0.5, 0.6) is 0 Å². The lowest BCUT2D eigenvalue weighted by Crippen LogP contribution is -2.52. The van der Waals surface area contributed by atoms with Gasteiger partial charge in [0.05, 0.1) is 6.10 Å². The summed E-state index contributed by atoms with van der Waals surface area (Å²) in [5, 5.41) is 6.39. The molecule has 154 valence electrons. The van der Waals surface area contributed by atoms with E-state index in [0.29, 0.717) is 13.0 Å². The zero-order valence-corrected chi connectivity index (χ0v) is 18.7. The quantitative estimate of drug-likeness (QED) is 0.337. The maximum atomic E-state index is 12.0. The number of nitrogens with one attached hydrogen (secondary N) is 2. The first kappa shape index (κ1) is 22.2. The van der Waals surface area contributed by atoms with Crippen molar-refractivity contribution in [3.8, 4) is 0 Å². The van der Waals surface area contributed by atoms with Gasteiger partial charge in [0.1, 0.15) is 6.54 Å². The van der Waals surface area contributed by atoms with Gasteiger partial charge in [-0.2, -0.15) is 0 Å². The van der Waals surface area contributed by atoms with Gasteiger partial charge in [-0.05, 0) is 25.7 Å². The van der Waals surface area contributed by atoms with Crippen LogP contribution in [0.25, 0.3) is 0 Å². The molecule has 2 N–H and O–H groups in total. The van der Waals surface area contributed by atoms with Crippen LogP contribution in [0.4, 0.5) is 0 Å². The largest absolute Gasteiger partial charge is 0.376 e. The van der Waals surface area contributed by atoms with E-state index in [4.69, 9.17) is 4.74 Å². The summed E-state index contributed by atoms with van der Waals surface area (Å²) in [4.78, 5) is 32.1. The molecule has 0 aliphatic carbocycles. The summed E-state index contributed by atoms with van der Waals surface area (Å²) < 4.78 is 5.70. The molecule has 1 spiro atoms. The van der Waals surface area contributed by atoms with Gasteiger partial charge in [-0.1, -0.05) is 0 Å². The van der Waals surface area contributed by atoms with Gasteiger partial charge in [0.2, 0.25) is 11.8 Å². The van der Waals surface area contributed by atoms with Crippen molar-refractivity contribution in [2.45, 2.75) is 38.2 Å². The fourth-order valence-corrected chi connectivity index (χ4v) is 3.99. The van der Waals surface area contributed by atoms with Crippen LogP contribution < -0.4 is 10.6 Å². The number of nitrogens with zero attached hydrogens (tertiary/aromatic N) is 3. The van der Waals surface area contributed by atoms with E-state index in [2.05, 4.69) is 20.5 Å². The van der Waals surface area contributed by atoms with E-state index >= 15 is 0 Å². The molecule has 0 aromatic rings. The smallest absolute Gasteiger partial charge is 0.243 e. The number of ether oxygens (including phenoxy) is 1. The number of guanidine groups is 1. The van der Waals surface area contributed by atoms with E-state index in [1.54, 1.807) is 19.0 Å². The van der Waals surface area contributed by atoms with E-state index in [0.717, 1.165) is 57.9 Å². The number of carbonyl (C=O) groups excluding carboxylic acids is 2. The Balaban J connectivity index is 0.00000261. The number of halogens is 1.